The first-order valence-electron chi connectivity index (χ1n) is 24.0. The van der Waals surface area contributed by atoms with Gasteiger partial charge in [-0.05, 0) is 64.2 Å². The molecule has 0 aliphatic rings. The van der Waals surface area contributed by atoms with Crippen molar-refractivity contribution in [3.05, 3.63) is 36.5 Å². The maximum Gasteiger partial charge on any atom is 0.362 e. The van der Waals surface area contributed by atoms with Crippen LogP contribution in [0.4, 0.5) is 0 Å². The minimum atomic E-state index is -0.877. The van der Waals surface area contributed by atoms with E-state index in [0.29, 0.717) is 19.3 Å². The molecule has 0 heterocycles. The van der Waals surface area contributed by atoms with Gasteiger partial charge in [-0.15, -0.1) is 0 Å². The number of hydrogen-bond acceptors (Lipinski definition) is 6. The number of hydrogen-bond donors (Lipinski definition) is 1. The quantitative estimate of drug-likeness (QED) is 0.0283. The minimum absolute atomic E-state index is 0.0559. The van der Waals surface area contributed by atoms with Crippen molar-refractivity contribution in [1.29, 1.82) is 0 Å². The smallest absolute Gasteiger partial charge is 0.362 e. The second-order valence-electron chi connectivity index (χ2n) is 17.3. The highest BCUT2D eigenvalue weighted by atomic mass is 16.6. The molecule has 0 aliphatic carbocycles. The molecule has 0 aromatic carbocycles. The van der Waals surface area contributed by atoms with Crippen LogP contribution in [-0.4, -0.2) is 80.6 Å². The summed E-state index contributed by atoms with van der Waals surface area (Å²) in [5.41, 5.74) is 0. The first-order valence-corrected chi connectivity index (χ1v) is 24.0. The lowest BCUT2D eigenvalue weighted by atomic mass is 10.0. The van der Waals surface area contributed by atoms with Gasteiger partial charge in [-0.25, -0.2) is 4.79 Å². The number of unbranched alkanes of at least 4 members (excludes halogenated alkanes) is 23. The molecule has 8 heteroatoms. The molecule has 8 nitrogen and oxygen atoms in total. The molecule has 0 rings (SSSR count). The van der Waals surface area contributed by atoms with Gasteiger partial charge in [0.2, 0.25) is 0 Å². The fraction of sp³-hybridized carbons (Fsp3) is 0.820. The highest BCUT2D eigenvalue weighted by molar-refractivity contribution is 5.72. The molecule has 0 saturated heterocycles. The number of carboxylic acids is 1. The number of carboxylic acid groups (broad SMARTS) is 1. The number of aliphatic carboxylic acids is 1. The standard InChI is InChI=1S/C50H91NO7/c1-6-8-10-12-14-16-18-20-21-22-23-24-25-26-27-28-29-31-33-35-37-39-41-49(53)58-46(44-56-43-42-47(50(54)55)51(3,4)5)45-57-48(52)40-38-36-34-32-30-19-17-15-13-11-9-7-2/h9,11,15,17,25-26,46-47H,6-8,10,12-14,16,18-24,27-45H2,1-5H3/p+1/b11-9+,17-15+,26-25+. The van der Waals surface area contributed by atoms with Crippen LogP contribution in [0.5, 0.6) is 0 Å². The molecule has 0 spiro atoms. The number of quaternary nitrogens is 1. The lowest BCUT2D eigenvalue weighted by Crippen LogP contribution is -2.50. The van der Waals surface area contributed by atoms with Crippen molar-refractivity contribution in [1.82, 2.24) is 0 Å². The molecule has 0 aliphatic heterocycles. The number of carbonyl (C=O) groups excluding carboxylic acids is 2. The van der Waals surface area contributed by atoms with Crippen LogP contribution in [-0.2, 0) is 28.6 Å². The zero-order chi connectivity index (χ0) is 42.8. The van der Waals surface area contributed by atoms with E-state index in [1.54, 1.807) is 0 Å². The summed E-state index contributed by atoms with van der Waals surface area (Å²) >= 11 is 0. The number of carbonyl (C=O) groups is 3. The van der Waals surface area contributed by atoms with Crippen LogP contribution in [0.1, 0.15) is 213 Å². The Morgan fingerprint density at radius 2 is 0.966 bits per heavy atom. The number of allylic oxidation sites excluding steroid dienone is 6. The Kier molecular flexibility index (Phi) is 39.5. The molecule has 0 radical (unpaired) electrons. The molecule has 58 heavy (non-hydrogen) atoms. The van der Waals surface area contributed by atoms with E-state index in [1.807, 2.05) is 21.1 Å². The molecule has 0 fully saturated rings. The second kappa shape index (κ2) is 41.3. The second-order valence-corrected chi connectivity index (χ2v) is 17.3. The Morgan fingerprint density at radius 3 is 1.43 bits per heavy atom. The van der Waals surface area contributed by atoms with Crippen molar-refractivity contribution >= 4 is 17.9 Å². The third-order valence-electron chi connectivity index (χ3n) is 10.8. The maximum atomic E-state index is 12.8. The molecule has 0 aromatic rings. The van der Waals surface area contributed by atoms with Crippen LogP contribution in [0.3, 0.4) is 0 Å². The molecule has 338 valence electrons. The fourth-order valence-electron chi connectivity index (χ4n) is 7.07. The van der Waals surface area contributed by atoms with Gasteiger partial charge in [0.15, 0.2) is 12.1 Å². The Labute approximate surface area is 357 Å². The van der Waals surface area contributed by atoms with Crippen molar-refractivity contribution in [2.24, 2.45) is 0 Å². The first-order chi connectivity index (χ1) is 28.1. The number of likely N-dealkylation sites (N-methyl/N-ethyl adjacent to an activating group) is 1. The SMILES string of the molecule is CC/C=C/C/C=C/CCCCCCCC(=O)OCC(COCCC(C(=O)O)[N+](C)(C)C)OC(=O)CCCCCCCCC/C=C/CCCCCCCCCCCCC. The monoisotopic (exact) mass is 819 g/mol. The third-order valence-corrected chi connectivity index (χ3v) is 10.8. The van der Waals surface area contributed by atoms with E-state index in [2.05, 4.69) is 50.3 Å². The van der Waals surface area contributed by atoms with Crippen LogP contribution >= 0.6 is 0 Å². The van der Waals surface area contributed by atoms with Gasteiger partial charge in [0, 0.05) is 19.3 Å². The summed E-state index contributed by atoms with van der Waals surface area (Å²) < 4.78 is 17.3. The molecule has 1 N–H and O–H groups in total. The van der Waals surface area contributed by atoms with Crippen LogP contribution in [0.2, 0.25) is 0 Å². The molecular formula is C50H92NO7+. The van der Waals surface area contributed by atoms with Crippen molar-refractivity contribution in [3.63, 3.8) is 0 Å². The van der Waals surface area contributed by atoms with E-state index in [1.165, 1.54) is 109 Å². The lowest BCUT2D eigenvalue weighted by molar-refractivity contribution is -0.887. The largest absolute Gasteiger partial charge is 0.477 e. The average Bonchev–Trinajstić information content (AvgIpc) is 3.18. The number of ether oxygens (including phenoxy) is 3. The minimum Gasteiger partial charge on any atom is -0.477 e. The van der Waals surface area contributed by atoms with Crippen molar-refractivity contribution < 1.29 is 38.2 Å². The Bertz CT molecular complexity index is 1050. The van der Waals surface area contributed by atoms with Crippen LogP contribution in [0.25, 0.3) is 0 Å². The summed E-state index contributed by atoms with van der Waals surface area (Å²) in [6.45, 7) is 4.62. The molecule has 2 unspecified atom stereocenters. The average molecular weight is 819 g/mol. The summed E-state index contributed by atoms with van der Waals surface area (Å²) in [5.74, 6) is -1.49. The molecule has 2 atom stereocenters. The molecule has 0 amide bonds. The molecule has 0 saturated carbocycles. The van der Waals surface area contributed by atoms with Gasteiger partial charge in [0.05, 0.1) is 34.4 Å². The van der Waals surface area contributed by atoms with Gasteiger partial charge in [0.25, 0.3) is 0 Å². The Morgan fingerprint density at radius 1 is 0.534 bits per heavy atom. The van der Waals surface area contributed by atoms with E-state index >= 15 is 0 Å². The van der Waals surface area contributed by atoms with E-state index in [-0.39, 0.29) is 36.2 Å². The van der Waals surface area contributed by atoms with Gasteiger partial charge in [-0.1, -0.05) is 166 Å². The third kappa shape index (κ3) is 39.0. The van der Waals surface area contributed by atoms with E-state index in [4.69, 9.17) is 14.2 Å². The summed E-state index contributed by atoms with van der Waals surface area (Å²) in [4.78, 5) is 37.0. The topological polar surface area (TPSA) is 99.1 Å². The van der Waals surface area contributed by atoms with Gasteiger partial charge in [0.1, 0.15) is 6.61 Å². The Balaban J connectivity index is 4.23. The van der Waals surface area contributed by atoms with E-state index in [9.17, 15) is 19.5 Å². The summed E-state index contributed by atoms with van der Waals surface area (Å²) in [6.07, 6.45) is 47.7. The number of nitrogens with zero attached hydrogens (tertiary/aromatic N) is 1. The van der Waals surface area contributed by atoms with Crippen LogP contribution < -0.4 is 0 Å². The highest BCUT2D eigenvalue weighted by Crippen LogP contribution is 2.15. The summed E-state index contributed by atoms with van der Waals surface area (Å²) in [5, 5.41) is 9.63. The molecular weight excluding hydrogens is 727 g/mol. The normalized spacial score (nSPS) is 13.2. The van der Waals surface area contributed by atoms with Crippen molar-refractivity contribution in [2.75, 3.05) is 41.0 Å². The number of esters is 2. The van der Waals surface area contributed by atoms with E-state index in [0.717, 1.165) is 70.6 Å². The number of rotatable bonds is 43. The van der Waals surface area contributed by atoms with Gasteiger partial charge in [-0.2, -0.15) is 0 Å². The van der Waals surface area contributed by atoms with Crippen molar-refractivity contribution in [3.8, 4) is 0 Å². The van der Waals surface area contributed by atoms with Crippen LogP contribution in [0, 0.1) is 0 Å². The zero-order valence-corrected chi connectivity index (χ0v) is 38.5. The summed E-state index contributed by atoms with van der Waals surface area (Å²) in [7, 11) is 5.52. The van der Waals surface area contributed by atoms with Crippen LogP contribution in [0.15, 0.2) is 36.5 Å². The first kappa shape index (κ1) is 55.5. The zero-order valence-electron chi connectivity index (χ0n) is 38.5. The van der Waals surface area contributed by atoms with Gasteiger partial charge < -0.3 is 23.8 Å². The predicted molar refractivity (Wildman–Crippen MR) is 243 cm³/mol. The fourth-order valence-corrected chi connectivity index (χ4v) is 7.07. The molecule has 0 aromatic heterocycles. The van der Waals surface area contributed by atoms with Gasteiger partial charge in [-0.3, -0.25) is 9.59 Å². The summed E-state index contributed by atoms with van der Waals surface area (Å²) in [6, 6.07) is -0.617. The highest BCUT2D eigenvalue weighted by Gasteiger charge is 2.31. The Hall–Kier alpha value is -2.45. The van der Waals surface area contributed by atoms with E-state index < -0.39 is 18.1 Å². The molecule has 0 bridgehead atoms. The van der Waals surface area contributed by atoms with Crippen molar-refractivity contribution in [2.45, 2.75) is 225 Å². The maximum absolute atomic E-state index is 12.8. The van der Waals surface area contributed by atoms with Gasteiger partial charge >= 0.3 is 17.9 Å². The predicted octanol–water partition coefficient (Wildman–Crippen LogP) is 13.4. The lowest BCUT2D eigenvalue weighted by Gasteiger charge is -2.31.